The third-order valence-electron chi connectivity index (χ3n) is 3.06. The van der Waals surface area contributed by atoms with Crippen molar-refractivity contribution in [2.24, 2.45) is 0 Å². The van der Waals surface area contributed by atoms with Crippen molar-refractivity contribution < 1.29 is 22.0 Å². The van der Waals surface area contributed by atoms with Crippen molar-refractivity contribution >= 4 is 27.5 Å². The molecule has 1 aliphatic heterocycles. The number of hydrogen-bond acceptors (Lipinski definition) is 8. The van der Waals surface area contributed by atoms with Crippen molar-refractivity contribution in [2.45, 2.75) is 17.7 Å². The fourth-order valence-electron chi connectivity index (χ4n) is 2.07. The summed E-state index contributed by atoms with van der Waals surface area (Å²) in [5.74, 6) is 0.657. The maximum absolute atomic E-state index is 11.8. The average molecular weight is 343 g/mol. The van der Waals surface area contributed by atoms with Crippen molar-refractivity contribution in [1.29, 1.82) is 0 Å². The molecule has 1 aliphatic rings. The minimum absolute atomic E-state index is 0.00655. The molecule has 1 amide bonds. The van der Waals surface area contributed by atoms with Crippen LogP contribution in [0.3, 0.4) is 0 Å². The predicted molar refractivity (Wildman–Crippen MR) is 77.9 cm³/mol. The first-order chi connectivity index (χ1) is 10.5. The molecule has 1 fully saturated rings. The Bertz CT molecular complexity index is 754. The Kier molecular flexibility index (Phi) is 4.21. The van der Waals surface area contributed by atoms with Gasteiger partial charge in [-0.25, -0.2) is 8.42 Å². The SMILES string of the molecule is O=C(CSc1nnc(-c2ccco2)o1)N[C@@H]1CCS(=O)(=O)C1. The number of aromatic nitrogens is 2. The summed E-state index contributed by atoms with van der Waals surface area (Å²) in [6, 6.07) is 3.09. The quantitative estimate of drug-likeness (QED) is 0.790. The third-order valence-corrected chi connectivity index (χ3v) is 5.65. The number of carbonyl (C=O) groups is 1. The number of thioether (sulfide) groups is 1. The fourth-order valence-corrected chi connectivity index (χ4v) is 4.32. The molecule has 2 aromatic rings. The van der Waals surface area contributed by atoms with Gasteiger partial charge in [-0.05, 0) is 18.6 Å². The lowest BCUT2D eigenvalue weighted by molar-refractivity contribution is -0.119. The molecule has 0 spiro atoms. The maximum Gasteiger partial charge on any atom is 0.284 e. The van der Waals surface area contributed by atoms with Crippen molar-refractivity contribution in [2.75, 3.05) is 17.3 Å². The first-order valence-corrected chi connectivity index (χ1v) is 9.32. The van der Waals surface area contributed by atoms with Crippen LogP contribution in [0.2, 0.25) is 0 Å². The molecule has 0 aliphatic carbocycles. The Morgan fingerprint density at radius 2 is 2.32 bits per heavy atom. The zero-order valence-electron chi connectivity index (χ0n) is 11.4. The van der Waals surface area contributed by atoms with E-state index in [1.807, 2.05) is 0 Å². The highest BCUT2D eigenvalue weighted by molar-refractivity contribution is 7.99. The Morgan fingerprint density at radius 3 is 3.00 bits per heavy atom. The zero-order valence-corrected chi connectivity index (χ0v) is 13.0. The van der Waals surface area contributed by atoms with E-state index in [-0.39, 0.29) is 40.3 Å². The molecule has 1 saturated heterocycles. The largest absolute Gasteiger partial charge is 0.459 e. The predicted octanol–water partition coefficient (Wildman–Crippen LogP) is 0.725. The van der Waals surface area contributed by atoms with Crippen LogP contribution in [-0.4, -0.2) is 47.8 Å². The van der Waals surface area contributed by atoms with Gasteiger partial charge in [0.05, 0.1) is 23.5 Å². The van der Waals surface area contributed by atoms with Gasteiger partial charge in [0.25, 0.3) is 11.1 Å². The number of sulfone groups is 1. The highest BCUT2D eigenvalue weighted by Gasteiger charge is 2.28. The highest BCUT2D eigenvalue weighted by Crippen LogP contribution is 2.23. The van der Waals surface area contributed by atoms with E-state index >= 15 is 0 Å². The lowest BCUT2D eigenvalue weighted by atomic mass is 10.3. The van der Waals surface area contributed by atoms with Gasteiger partial charge in [-0.3, -0.25) is 4.79 Å². The van der Waals surface area contributed by atoms with E-state index in [1.165, 1.54) is 6.26 Å². The molecule has 2 aromatic heterocycles. The standard InChI is InChI=1S/C12H13N3O5S2/c16-10(13-8-3-5-22(17,18)7-8)6-21-12-15-14-11(20-12)9-2-1-4-19-9/h1-2,4,8H,3,5-7H2,(H,13,16)/t8-/m1/s1. The van der Waals surface area contributed by atoms with E-state index in [0.717, 1.165) is 11.8 Å². The molecule has 0 radical (unpaired) electrons. The number of furan rings is 1. The highest BCUT2D eigenvalue weighted by atomic mass is 32.2. The summed E-state index contributed by atoms with van der Waals surface area (Å²) >= 11 is 1.09. The van der Waals surface area contributed by atoms with E-state index in [4.69, 9.17) is 8.83 Å². The first-order valence-electron chi connectivity index (χ1n) is 6.52. The Hall–Kier alpha value is -1.81. The Morgan fingerprint density at radius 1 is 1.45 bits per heavy atom. The average Bonchev–Trinajstić information content (AvgIpc) is 3.16. The summed E-state index contributed by atoms with van der Waals surface area (Å²) in [7, 11) is -3.00. The van der Waals surface area contributed by atoms with Gasteiger partial charge in [0.15, 0.2) is 15.6 Å². The van der Waals surface area contributed by atoms with Crippen molar-refractivity contribution in [3.63, 3.8) is 0 Å². The molecule has 0 bridgehead atoms. The monoisotopic (exact) mass is 343 g/mol. The van der Waals surface area contributed by atoms with Crippen LogP contribution in [-0.2, 0) is 14.6 Å². The van der Waals surface area contributed by atoms with Crippen LogP contribution in [0.5, 0.6) is 0 Å². The van der Waals surface area contributed by atoms with Gasteiger partial charge < -0.3 is 14.2 Å². The molecule has 0 unspecified atom stereocenters. The van der Waals surface area contributed by atoms with E-state index in [1.54, 1.807) is 12.1 Å². The molecule has 0 saturated carbocycles. The van der Waals surface area contributed by atoms with Crippen molar-refractivity contribution in [3.8, 4) is 11.7 Å². The van der Waals surface area contributed by atoms with E-state index in [9.17, 15) is 13.2 Å². The number of nitrogens with zero attached hydrogens (tertiary/aromatic N) is 2. The van der Waals surface area contributed by atoms with Gasteiger partial charge in [0, 0.05) is 6.04 Å². The van der Waals surface area contributed by atoms with Crippen LogP contribution in [0.25, 0.3) is 11.7 Å². The molecular weight excluding hydrogens is 330 g/mol. The molecule has 0 aromatic carbocycles. The molecule has 8 nitrogen and oxygen atoms in total. The summed E-state index contributed by atoms with van der Waals surface area (Å²) < 4.78 is 33.1. The molecule has 10 heteroatoms. The van der Waals surface area contributed by atoms with Crippen LogP contribution < -0.4 is 5.32 Å². The smallest absolute Gasteiger partial charge is 0.284 e. The molecule has 1 N–H and O–H groups in total. The van der Waals surface area contributed by atoms with Gasteiger partial charge in [-0.1, -0.05) is 11.8 Å². The second kappa shape index (κ2) is 6.13. The number of rotatable bonds is 5. The van der Waals surface area contributed by atoms with Crippen LogP contribution in [0.4, 0.5) is 0 Å². The van der Waals surface area contributed by atoms with Crippen LogP contribution in [0.15, 0.2) is 32.5 Å². The van der Waals surface area contributed by atoms with Crippen LogP contribution in [0.1, 0.15) is 6.42 Å². The molecule has 3 rings (SSSR count). The van der Waals surface area contributed by atoms with Crippen LogP contribution in [0, 0.1) is 0 Å². The summed E-state index contributed by atoms with van der Waals surface area (Å²) in [4.78, 5) is 11.8. The maximum atomic E-state index is 11.8. The number of carbonyl (C=O) groups excluding carboxylic acids is 1. The minimum atomic E-state index is -3.00. The summed E-state index contributed by atoms with van der Waals surface area (Å²) in [5.41, 5.74) is 0. The fraction of sp³-hybridized carbons (Fsp3) is 0.417. The first kappa shape index (κ1) is 15.1. The molecule has 118 valence electrons. The van der Waals surface area contributed by atoms with Crippen molar-refractivity contribution in [1.82, 2.24) is 15.5 Å². The summed E-state index contributed by atoms with van der Waals surface area (Å²) in [5, 5.41) is 10.6. The molecule has 3 heterocycles. The summed E-state index contributed by atoms with van der Waals surface area (Å²) in [6.07, 6.45) is 1.96. The zero-order chi connectivity index (χ0) is 15.6. The molecular formula is C12H13N3O5S2. The van der Waals surface area contributed by atoms with E-state index in [2.05, 4.69) is 15.5 Å². The van der Waals surface area contributed by atoms with Gasteiger partial charge in [-0.15, -0.1) is 10.2 Å². The second-order valence-corrected chi connectivity index (χ2v) is 7.96. The second-order valence-electron chi connectivity index (χ2n) is 4.81. The third kappa shape index (κ3) is 3.69. The number of nitrogens with one attached hydrogen (secondary N) is 1. The number of hydrogen-bond donors (Lipinski definition) is 1. The van der Waals surface area contributed by atoms with Crippen molar-refractivity contribution in [3.05, 3.63) is 18.4 Å². The summed E-state index contributed by atoms with van der Waals surface area (Å²) in [6.45, 7) is 0. The minimum Gasteiger partial charge on any atom is -0.459 e. The Labute approximate surface area is 130 Å². The van der Waals surface area contributed by atoms with Gasteiger partial charge in [0.2, 0.25) is 5.91 Å². The van der Waals surface area contributed by atoms with E-state index < -0.39 is 9.84 Å². The van der Waals surface area contributed by atoms with Gasteiger partial charge in [-0.2, -0.15) is 0 Å². The molecule has 22 heavy (non-hydrogen) atoms. The molecule has 1 atom stereocenters. The van der Waals surface area contributed by atoms with Gasteiger partial charge >= 0.3 is 0 Å². The number of amides is 1. The van der Waals surface area contributed by atoms with Crippen LogP contribution >= 0.6 is 11.8 Å². The lowest BCUT2D eigenvalue weighted by Crippen LogP contribution is -2.36. The Balaban J connectivity index is 1.49. The topological polar surface area (TPSA) is 115 Å². The lowest BCUT2D eigenvalue weighted by Gasteiger charge is -2.09. The normalized spacial score (nSPS) is 20.1. The van der Waals surface area contributed by atoms with E-state index in [0.29, 0.717) is 12.2 Å². The van der Waals surface area contributed by atoms with Gasteiger partial charge in [0.1, 0.15) is 0 Å².